The van der Waals surface area contributed by atoms with Gasteiger partial charge in [0.1, 0.15) is 5.75 Å². The predicted octanol–water partition coefficient (Wildman–Crippen LogP) is 1.73. The van der Waals surface area contributed by atoms with E-state index in [4.69, 9.17) is 20.3 Å². The van der Waals surface area contributed by atoms with E-state index in [0.29, 0.717) is 11.7 Å². The highest BCUT2D eigenvalue weighted by Crippen LogP contribution is 2.28. The minimum absolute atomic E-state index is 0.0799. The largest absolute Gasteiger partial charge is 0.478 e. The zero-order valence-electron chi connectivity index (χ0n) is 9.39. The number of carboxylic acids is 1. The number of carboxylic acid groups (broad SMARTS) is 1. The topological polar surface area (TPSA) is 81.8 Å². The molecule has 0 aromatic heterocycles. The molecule has 1 fully saturated rings. The lowest BCUT2D eigenvalue weighted by atomic mass is 10.2. The molecule has 17 heavy (non-hydrogen) atoms. The third-order valence-electron chi connectivity index (χ3n) is 2.61. The van der Waals surface area contributed by atoms with Crippen molar-refractivity contribution in [2.75, 3.05) is 19.1 Å². The maximum Gasteiger partial charge on any atom is 0.337 e. The first-order valence-electron chi connectivity index (χ1n) is 5.50. The van der Waals surface area contributed by atoms with Gasteiger partial charge >= 0.3 is 5.97 Å². The quantitative estimate of drug-likeness (QED) is 0.447. The molecule has 5 nitrogen and oxygen atoms in total. The van der Waals surface area contributed by atoms with E-state index in [9.17, 15) is 4.79 Å². The van der Waals surface area contributed by atoms with Gasteiger partial charge in [0, 0.05) is 11.8 Å². The Labute approximate surface area is 99.1 Å². The second-order valence-corrected chi connectivity index (χ2v) is 4.13. The van der Waals surface area contributed by atoms with Gasteiger partial charge < -0.3 is 20.3 Å². The monoisotopic (exact) mass is 237 g/mol. The average Bonchev–Trinajstić information content (AvgIpc) is 3.08. The summed E-state index contributed by atoms with van der Waals surface area (Å²) in [6.07, 6.45) is 2.47. The number of carbonyl (C=O) groups is 1. The Morgan fingerprint density at radius 2 is 2.24 bits per heavy atom. The van der Waals surface area contributed by atoms with Gasteiger partial charge in [-0.25, -0.2) is 4.79 Å². The fraction of sp³-hybridized carbons (Fsp3) is 0.417. The van der Waals surface area contributed by atoms with E-state index >= 15 is 0 Å². The molecule has 0 saturated heterocycles. The van der Waals surface area contributed by atoms with Crippen molar-refractivity contribution < 1.29 is 19.4 Å². The van der Waals surface area contributed by atoms with Crippen LogP contribution in [0.5, 0.6) is 5.75 Å². The fourth-order valence-electron chi connectivity index (χ4n) is 1.43. The number of rotatable bonds is 6. The van der Waals surface area contributed by atoms with E-state index in [-0.39, 0.29) is 18.0 Å². The summed E-state index contributed by atoms with van der Waals surface area (Å²) in [5.41, 5.74) is 5.85. The van der Waals surface area contributed by atoms with Gasteiger partial charge in [0.25, 0.3) is 0 Å². The SMILES string of the molecule is Nc1cc(OCOCC2CC2)ccc1C(=O)O. The van der Waals surface area contributed by atoms with Crippen molar-refractivity contribution in [3.63, 3.8) is 0 Å². The molecule has 0 aliphatic heterocycles. The van der Waals surface area contributed by atoms with Gasteiger partial charge in [-0.3, -0.25) is 0 Å². The molecule has 0 heterocycles. The van der Waals surface area contributed by atoms with Crippen molar-refractivity contribution in [3.05, 3.63) is 23.8 Å². The molecule has 3 N–H and O–H groups in total. The van der Waals surface area contributed by atoms with Crippen LogP contribution in [-0.2, 0) is 4.74 Å². The molecule has 0 unspecified atom stereocenters. The van der Waals surface area contributed by atoms with Crippen LogP contribution in [0.4, 0.5) is 5.69 Å². The molecule has 2 rings (SSSR count). The minimum atomic E-state index is -1.04. The Bertz CT molecular complexity index is 415. The summed E-state index contributed by atoms with van der Waals surface area (Å²) in [5, 5.41) is 8.79. The zero-order chi connectivity index (χ0) is 12.3. The zero-order valence-corrected chi connectivity index (χ0v) is 9.39. The number of nitrogens with two attached hydrogens (primary N) is 1. The highest BCUT2D eigenvalue weighted by Gasteiger charge is 2.21. The Hall–Kier alpha value is -1.75. The lowest BCUT2D eigenvalue weighted by Crippen LogP contribution is -2.07. The molecule has 5 heteroatoms. The summed E-state index contributed by atoms with van der Waals surface area (Å²) >= 11 is 0. The molecule has 1 aliphatic rings. The third-order valence-corrected chi connectivity index (χ3v) is 2.61. The van der Waals surface area contributed by atoms with Crippen LogP contribution in [0, 0.1) is 5.92 Å². The maximum atomic E-state index is 10.7. The lowest BCUT2D eigenvalue weighted by molar-refractivity contribution is 0.0100. The van der Waals surface area contributed by atoms with Crippen molar-refractivity contribution in [3.8, 4) is 5.75 Å². The van der Waals surface area contributed by atoms with E-state index in [2.05, 4.69) is 0 Å². The Morgan fingerprint density at radius 3 is 2.82 bits per heavy atom. The van der Waals surface area contributed by atoms with E-state index < -0.39 is 5.97 Å². The van der Waals surface area contributed by atoms with Gasteiger partial charge in [-0.2, -0.15) is 0 Å². The van der Waals surface area contributed by atoms with Gasteiger partial charge in [0.05, 0.1) is 12.2 Å². The number of ether oxygens (including phenoxy) is 2. The first kappa shape index (κ1) is 11.7. The highest BCUT2D eigenvalue weighted by atomic mass is 16.7. The van der Waals surface area contributed by atoms with Gasteiger partial charge in [-0.1, -0.05) is 0 Å². The van der Waals surface area contributed by atoms with Crippen molar-refractivity contribution in [2.24, 2.45) is 5.92 Å². The van der Waals surface area contributed by atoms with Crippen LogP contribution in [-0.4, -0.2) is 24.5 Å². The summed E-state index contributed by atoms with van der Waals surface area (Å²) in [7, 11) is 0. The van der Waals surface area contributed by atoms with Crippen LogP contribution in [0.1, 0.15) is 23.2 Å². The summed E-state index contributed by atoms with van der Waals surface area (Å²) in [6.45, 7) is 0.894. The Kier molecular flexibility index (Phi) is 3.49. The number of anilines is 1. The van der Waals surface area contributed by atoms with Crippen molar-refractivity contribution >= 4 is 11.7 Å². The van der Waals surface area contributed by atoms with Gasteiger partial charge in [-0.05, 0) is 30.9 Å². The van der Waals surface area contributed by atoms with Crippen LogP contribution in [0.2, 0.25) is 0 Å². The van der Waals surface area contributed by atoms with Crippen molar-refractivity contribution in [1.29, 1.82) is 0 Å². The molecule has 0 atom stereocenters. The Morgan fingerprint density at radius 1 is 1.47 bits per heavy atom. The van der Waals surface area contributed by atoms with E-state index in [0.717, 1.165) is 6.61 Å². The van der Waals surface area contributed by atoms with Crippen molar-refractivity contribution in [1.82, 2.24) is 0 Å². The Balaban J connectivity index is 1.83. The van der Waals surface area contributed by atoms with Gasteiger partial charge in [0.15, 0.2) is 6.79 Å². The number of aromatic carboxylic acids is 1. The molecular formula is C12H15NO4. The summed E-state index contributed by atoms with van der Waals surface area (Å²) in [6, 6.07) is 4.48. The molecular weight excluding hydrogens is 222 g/mol. The number of hydrogen-bond donors (Lipinski definition) is 2. The first-order chi connectivity index (χ1) is 8.16. The minimum Gasteiger partial charge on any atom is -0.478 e. The second-order valence-electron chi connectivity index (χ2n) is 4.13. The summed E-state index contributed by atoms with van der Waals surface area (Å²) in [5.74, 6) is 0.167. The highest BCUT2D eigenvalue weighted by molar-refractivity contribution is 5.93. The molecule has 1 aliphatic carbocycles. The molecule has 1 aromatic carbocycles. The molecule has 0 amide bonds. The van der Waals surface area contributed by atoms with Gasteiger partial charge in [-0.15, -0.1) is 0 Å². The van der Waals surface area contributed by atoms with E-state index in [1.54, 1.807) is 6.07 Å². The maximum absolute atomic E-state index is 10.7. The number of nitrogen functional groups attached to an aromatic ring is 1. The third kappa shape index (κ3) is 3.35. The van der Waals surface area contributed by atoms with Crippen LogP contribution >= 0.6 is 0 Å². The average molecular weight is 237 g/mol. The smallest absolute Gasteiger partial charge is 0.337 e. The van der Waals surface area contributed by atoms with Crippen LogP contribution in [0.15, 0.2) is 18.2 Å². The summed E-state index contributed by atoms with van der Waals surface area (Å²) < 4.78 is 10.6. The molecule has 92 valence electrons. The van der Waals surface area contributed by atoms with Gasteiger partial charge in [0.2, 0.25) is 0 Å². The lowest BCUT2D eigenvalue weighted by Gasteiger charge is -2.08. The predicted molar refractivity (Wildman–Crippen MR) is 62.0 cm³/mol. The second kappa shape index (κ2) is 5.05. The molecule has 0 radical (unpaired) electrons. The molecule has 0 bridgehead atoms. The first-order valence-corrected chi connectivity index (χ1v) is 5.50. The van der Waals surface area contributed by atoms with Crippen LogP contribution in [0.3, 0.4) is 0 Å². The van der Waals surface area contributed by atoms with E-state index in [1.807, 2.05) is 0 Å². The summed E-state index contributed by atoms with van der Waals surface area (Å²) in [4.78, 5) is 10.7. The van der Waals surface area contributed by atoms with Crippen LogP contribution < -0.4 is 10.5 Å². The molecule has 0 spiro atoms. The normalized spacial score (nSPS) is 14.6. The fourth-order valence-corrected chi connectivity index (χ4v) is 1.43. The standard InChI is InChI=1S/C12H15NO4/c13-11-5-9(3-4-10(11)12(14)15)17-7-16-6-8-1-2-8/h3-5,8H,1-2,6-7,13H2,(H,14,15). The van der Waals surface area contributed by atoms with E-state index in [1.165, 1.54) is 25.0 Å². The number of hydrogen-bond acceptors (Lipinski definition) is 4. The van der Waals surface area contributed by atoms with Crippen molar-refractivity contribution in [2.45, 2.75) is 12.8 Å². The number of benzene rings is 1. The molecule has 1 aromatic rings. The molecule has 1 saturated carbocycles. The van der Waals surface area contributed by atoms with Crippen LogP contribution in [0.25, 0.3) is 0 Å².